The summed E-state index contributed by atoms with van der Waals surface area (Å²) in [5.41, 5.74) is 0. The summed E-state index contributed by atoms with van der Waals surface area (Å²) in [6.45, 7) is 2.80. The minimum absolute atomic E-state index is 0.0694. The zero-order valence-electron chi connectivity index (χ0n) is 11.7. The van der Waals surface area contributed by atoms with Gasteiger partial charge in [0, 0.05) is 6.92 Å². The Kier molecular flexibility index (Phi) is 6.57. The summed E-state index contributed by atoms with van der Waals surface area (Å²) < 4.78 is 30.2. The van der Waals surface area contributed by atoms with Gasteiger partial charge in [-0.3, -0.25) is 9.45 Å². The van der Waals surface area contributed by atoms with Crippen molar-refractivity contribution in [3.63, 3.8) is 0 Å². The van der Waals surface area contributed by atoms with E-state index in [1.54, 1.807) is 21.1 Å². The van der Waals surface area contributed by atoms with E-state index in [-0.39, 0.29) is 6.54 Å². The van der Waals surface area contributed by atoms with Crippen LogP contribution in [-0.4, -0.2) is 75.9 Å². The van der Waals surface area contributed by atoms with Crippen LogP contribution in [0.5, 0.6) is 0 Å². The summed E-state index contributed by atoms with van der Waals surface area (Å²) in [7, 11) is 1.49. The maximum Gasteiger partial charge on any atom is 0.319 e. The van der Waals surface area contributed by atoms with Crippen LogP contribution in [0.25, 0.3) is 0 Å². The molecule has 0 amide bonds. The molecule has 2 atom stereocenters. The molecule has 1 aliphatic heterocycles. The minimum Gasteiger partial charge on any atom is -0.544 e. The third kappa shape index (κ3) is 8.65. The van der Waals surface area contributed by atoms with Crippen LogP contribution < -0.4 is 10.0 Å². The van der Waals surface area contributed by atoms with E-state index in [2.05, 4.69) is 4.99 Å². The predicted molar refractivity (Wildman–Crippen MR) is 68.1 cm³/mol. The molecule has 0 aromatic carbocycles. The fraction of sp³-hybridized carbons (Fsp3) is 0.800. The van der Waals surface area contributed by atoms with Gasteiger partial charge in [0.1, 0.15) is 13.1 Å². The number of hydrogen-bond donors (Lipinski definition) is 2. The highest BCUT2D eigenvalue weighted by Crippen LogP contribution is 1.88. The molecule has 2 unspecified atom stereocenters. The smallest absolute Gasteiger partial charge is 0.319 e. The lowest BCUT2D eigenvalue weighted by atomic mass is 10.5. The fourth-order valence-electron chi connectivity index (χ4n) is 1.33. The normalized spacial score (nSPS) is 20.6. The number of rotatable bonds is 4. The van der Waals surface area contributed by atoms with Gasteiger partial charge < -0.3 is 14.4 Å². The van der Waals surface area contributed by atoms with Gasteiger partial charge in [0.25, 0.3) is 0 Å². The molecule has 1 aliphatic rings. The molecule has 9 heteroatoms. The monoisotopic (exact) mass is 296 g/mol. The molecule has 19 heavy (non-hydrogen) atoms. The van der Waals surface area contributed by atoms with E-state index in [1.165, 1.54) is 13.3 Å². The summed E-state index contributed by atoms with van der Waals surface area (Å²) in [6.07, 6.45) is 1.53. The molecule has 0 spiro atoms. The van der Waals surface area contributed by atoms with Gasteiger partial charge in [-0.25, -0.2) is 4.99 Å². The van der Waals surface area contributed by atoms with Gasteiger partial charge in [0.15, 0.2) is 6.34 Å². The van der Waals surface area contributed by atoms with Crippen LogP contribution in [0, 0.1) is 0 Å². The van der Waals surface area contributed by atoms with Crippen molar-refractivity contribution >= 4 is 22.4 Å². The molecule has 8 nitrogen and oxygen atoms in total. The fourth-order valence-corrected chi connectivity index (χ4v) is 1.89. The first kappa shape index (κ1) is 18.0. The second kappa shape index (κ2) is 6.94. The topological polar surface area (TPSA) is 111 Å². The van der Waals surface area contributed by atoms with Crippen LogP contribution in [0.15, 0.2) is 4.99 Å². The summed E-state index contributed by atoms with van der Waals surface area (Å²) in [5.74, 6) is -1.00. The van der Waals surface area contributed by atoms with Crippen LogP contribution in [-0.2, 0) is 14.9 Å². The minimum atomic E-state index is -3.91. The number of nitrogens with one attached hydrogen (secondary N) is 1. The van der Waals surface area contributed by atoms with Crippen LogP contribution in [0.3, 0.4) is 0 Å². The third-order valence-electron chi connectivity index (χ3n) is 2.36. The number of likely N-dealkylation sites (N-methyl/N-ethyl adjacent to an activating group) is 1. The Labute approximate surface area is 113 Å². The number of carboxylic acids is 1. The highest BCUT2D eigenvalue weighted by atomic mass is 32.2. The highest BCUT2D eigenvalue weighted by Gasteiger charge is 2.29. The van der Waals surface area contributed by atoms with E-state index >= 15 is 0 Å². The van der Waals surface area contributed by atoms with Crippen molar-refractivity contribution in [1.82, 2.24) is 0 Å². The second-order valence-corrected chi connectivity index (χ2v) is 7.07. The maximum atomic E-state index is 10.6. The number of carbonyl (C=O) groups is 1. The van der Waals surface area contributed by atoms with Gasteiger partial charge in [-0.05, 0) is 0 Å². The van der Waals surface area contributed by atoms with Gasteiger partial charge in [-0.1, -0.05) is 0 Å². The molecule has 0 fully saturated rings. The second-order valence-electron chi connectivity index (χ2n) is 5.34. The quantitative estimate of drug-likeness (QED) is 0.415. The number of aliphatic carboxylic acids is 1. The van der Waals surface area contributed by atoms with Crippen molar-refractivity contribution in [3.05, 3.63) is 0 Å². The van der Waals surface area contributed by atoms with Crippen LogP contribution in [0.4, 0.5) is 0 Å². The highest BCUT2D eigenvalue weighted by molar-refractivity contribution is 7.86. The van der Waals surface area contributed by atoms with Crippen molar-refractivity contribution < 1.29 is 32.3 Å². The molecule has 0 saturated carbocycles. The Hall–Kier alpha value is -1.03. The Morgan fingerprint density at radius 3 is 2.26 bits per heavy atom. The maximum absolute atomic E-state index is 10.6. The molecule has 2 N–H and O–H groups in total. The largest absolute Gasteiger partial charge is 0.544 e. The molecular weight excluding hydrogens is 274 g/mol. The van der Waals surface area contributed by atoms with E-state index in [0.29, 0.717) is 22.5 Å². The standard InChI is InChI=1S/C5H10N2O3S.C5H11NO2/c1-5(11(8,9)10)7-3-2-6-4-7;1-6(2,3)4-5(7)8/h4-5H,2-3H2,1H3,(H,8,9,10);4H2,1-3H3/p+1. The lowest BCUT2D eigenvalue weighted by molar-refractivity contribution is -0.864. The van der Waals surface area contributed by atoms with Gasteiger partial charge in [0.2, 0.25) is 5.37 Å². The molecule has 112 valence electrons. The van der Waals surface area contributed by atoms with Crippen molar-refractivity contribution in [2.75, 3.05) is 40.8 Å². The molecule has 0 aromatic rings. The molecule has 0 aromatic heterocycles. The SMILES string of the molecule is CC([NH+]1C=NCC1)S(=O)(=O)O.C[N+](C)(C)CC(=O)[O-]. The molecule has 0 aliphatic carbocycles. The van der Waals surface area contributed by atoms with Crippen LogP contribution in [0.2, 0.25) is 0 Å². The number of aliphatic imine (C=N–C) groups is 1. The summed E-state index contributed by atoms with van der Waals surface area (Å²) in [6, 6.07) is 0. The number of hydrogen-bond acceptors (Lipinski definition) is 5. The van der Waals surface area contributed by atoms with Gasteiger partial charge in [0.05, 0.1) is 33.7 Å². The van der Waals surface area contributed by atoms with Gasteiger partial charge >= 0.3 is 10.1 Å². The summed E-state index contributed by atoms with van der Waals surface area (Å²) in [4.78, 5) is 14.4. The van der Waals surface area contributed by atoms with Crippen molar-refractivity contribution in [1.29, 1.82) is 0 Å². The van der Waals surface area contributed by atoms with E-state index in [1.807, 2.05) is 0 Å². The zero-order chi connectivity index (χ0) is 15.3. The first-order valence-corrected chi connectivity index (χ1v) is 7.26. The number of carboxylic acid groups (broad SMARTS) is 1. The van der Waals surface area contributed by atoms with Crippen molar-refractivity contribution in [2.45, 2.75) is 12.3 Å². The molecule has 0 radical (unpaired) electrons. The molecular formula is C10H22N3O5S+. The third-order valence-corrected chi connectivity index (χ3v) is 3.56. The molecule has 0 bridgehead atoms. The molecule has 1 rings (SSSR count). The van der Waals surface area contributed by atoms with E-state index in [9.17, 15) is 18.3 Å². The van der Waals surface area contributed by atoms with E-state index in [4.69, 9.17) is 4.55 Å². The van der Waals surface area contributed by atoms with Gasteiger partial charge in [-0.15, -0.1) is 0 Å². The first-order valence-electron chi connectivity index (χ1n) is 5.75. The average molecular weight is 296 g/mol. The Morgan fingerprint density at radius 1 is 1.53 bits per heavy atom. The Morgan fingerprint density at radius 2 is 2.05 bits per heavy atom. The average Bonchev–Trinajstić information content (AvgIpc) is 2.63. The Balaban J connectivity index is 0.000000362. The Bertz CT molecular complexity index is 427. The molecule has 0 saturated heterocycles. The predicted octanol–water partition coefficient (Wildman–Crippen LogP) is -3.41. The van der Waals surface area contributed by atoms with Crippen molar-refractivity contribution in [3.8, 4) is 0 Å². The van der Waals surface area contributed by atoms with E-state index in [0.717, 1.165) is 0 Å². The van der Waals surface area contributed by atoms with E-state index < -0.39 is 21.5 Å². The lowest BCUT2D eigenvalue weighted by Crippen LogP contribution is -3.14. The summed E-state index contributed by atoms with van der Waals surface area (Å²) in [5, 5.41) is 9.09. The summed E-state index contributed by atoms with van der Waals surface area (Å²) >= 11 is 0. The number of carbonyl (C=O) groups excluding carboxylic acids is 1. The van der Waals surface area contributed by atoms with Crippen LogP contribution >= 0.6 is 0 Å². The van der Waals surface area contributed by atoms with Crippen LogP contribution in [0.1, 0.15) is 6.92 Å². The molecule has 1 heterocycles. The number of nitrogens with zero attached hydrogens (tertiary/aromatic N) is 2. The lowest BCUT2D eigenvalue weighted by Gasteiger charge is -2.23. The number of quaternary nitrogens is 2. The van der Waals surface area contributed by atoms with Gasteiger partial charge in [-0.2, -0.15) is 8.42 Å². The zero-order valence-corrected chi connectivity index (χ0v) is 12.5. The first-order chi connectivity index (χ1) is 8.43. The van der Waals surface area contributed by atoms with Crippen molar-refractivity contribution in [2.24, 2.45) is 4.99 Å².